The average Bonchev–Trinajstić information content (AvgIpc) is 3.15. The molecular formula is C26H22INO4. The largest absolute Gasteiger partial charge is 0.490 e. The molecule has 162 valence electrons. The highest BCUT2D eigenvalue weighted by molar-refractivity contribution is 14.1. The minimum Gasteiger partial charge on any atom is -0.490 e. The molecule has 1 aliphatic heterocycles. The third kappa shape index (κ3) is 5.19. The molecule has 6 heteroatoms. The molecule has 0 unspecified atom stereocenters. The van der Waals surface area contributed by atoms with Gasteiger partial charge in [-0.25, -0.2) is 9.79 Å². The fourth-order valence-electron chi connectivity index (χ4n) is 3.16. The molecule has 32 heavy (non-hydrogen) atoms. The molecule has 0 atom stereocenters. The number of hydrogen-bond donors (Lipinski definition) is 0. The van der Waals surface area contributed by atoms with Gasteiger partial charge in [0.1, 0.15) is 6.61 Å². The van der Waals surface area contributed by atoms with Crippen LogP contribution >= 0.6 is 22.6 Å². The van der Waals surface area contributed by atoms with Crippen LogP contribution in [0.25, 0.3) is 6.08 Å². The van der Waals surface area contributed by atoms with Crippen molar-refractivity contribution < 1.29 is 19.0 Å². The Hall–Kier alpha value is -3.13. The minimum absolute atomic E-state index is 0.246. The van der Waals surface area contributed by atoms with Gasteiger partial charge in [0.15, 0.2) is 17.2 Å². The first-order valence-electron chi connectivity index (χ1n) is 10.3. The van der Waals surface area contributed by atoms with Crippen molar-refractivity contribution in [2.24, 2.45) is 4.99 Å². The normalized spacial score (nSPS) is 14.3. The standard InChI is InChI=1S/C26H22INO4/c1-3-30-24-15-18(10-13-23(24)31-16-20-6-4-5-7-21(20)27)14-22-26(29)32-25(28-22)19-11-8-17(2)9-12-19/h4-15H,3,16H2,1-2H3/b22-14-. The van der Waals surface area contributed by atoms with Crippen molar-refractivity contribution in [2.75, 3.05) is 6.61 Å². The third-order valence-electron chi connectivity index (χ3n) is 4.83. The smallest absolute Gasteiger partial charge is 0.363 e. The first-order valence-corrected chi connectivity index (χ1v) is 11.3. The number of carbonyl (C=O) groups is 1. The second-order valence-electron chi connectivity index (χ2n) is 7.22. The Bertz CT molecular complexity index is 1200. The number of ether oxygens (including phenoxy) is 3. The van der Waals surface area contributed by atoms with Crippen LogP contribution in [0, 0.1) is 10.5 Å². The summed E-state index contributed by atoms with van der Waals surface area (Å²) >= 11 is 2.30. The van der Waals surface area contributed by atoms with Gasteiger partial charge in [-0.2, -0.15) is 0 Å². The molecule has 0 bridgehead atoms. The molecule has 0 spiro atoms. The maximum Gasteiger partial charge on any atom is 0.363 e. The van der Waals surface area contributed by atoms with E-state index in [1.807, 2.05) is 80.6 Å². The van der Waals surface area contributed by atoms with E-state index < -0.39 is 5.97 Å². The van der Waals surface area contributed by atoms with Gasteiger partial charge in [0, 0.05) is 14.7 Å². The van der Waals surface area contributed by atoms with Crippen LogP contribution in [0.2, 0.25) is 0 Å². The van der Waals surface area contributed by atoms with Gasteiger partial charge in [-0.3, -0.25) is 0 Å². The Balaban J connectivity index is 1.56. The van der Waals surface area contributed by atoms with Gasteiger partial charge in [0.05, 0.1) is 6.61 Å². The Morgan fingerprint density at radius 3 is 2.53 bits per heavy atom. The van der Waals surface area contributed by atoms with Gasteiger partial charge in [0.2, 0.25) is 5.90 Å². The van der Waals surface area contributed by atoms with Crippen LogP contribution < -0.4 is 9.47 Å². The quantitative estimate of drug-likeness (QED) is 0.213. The highest BCUT2D eigenvalue weighted by atomic mass is 127. The van der Waals surface area contributed by atoms with Crippen LogP contribution in [0.4, 0.5) is 0 Å². The Kier molecular flexibility index (Phi) is 6.90. The first kappa shape index (κ1) is 22.1. The highest BCUT2D eigenvalue weighted by Crippen LogP contribution is 2.31. The van der Waals surface area contributed by atoms with E-state index >= 15 is 0 Å². The number of halogens is 1. The van der Waals surface area contributed by atoms with Crippen LogP contribution in [0.1, 0.15) is 29.2 Å². The molecule has 0 aromatic heterocycles. The van der Waals surface area contributed by atoms with Gasteiger partial charge >= 0.3 is 5.97 Å². The number of aliphatic imine (C=N–C) groups is 1. The van der Waals surface area contributed by atoms with Gasteiger partial charge < -0.3 is 14.2 Å². The number of nitrogens with zero attached hydrogens (tertiary/aromatic N) is 1. The molecule has 3 aromatic carbocycles. The number of aryl methyl sites for hydroxylation is 1. The second-order valence-corrected chi connectivity index (χ2v) is 8.38. The molecule has 0 N–H and O–H groups in total. The zero-order valence-corrected chi connectivity index (χ0v) is 20.0. The van der Waals surface area contributed by atoms with Gasteiger partial charge in [-0.05, 0) is 78.4 Å². The Labute approximate surface area is 200 Å². The molecule has 0 fully saturated rings. The molecular weight excluding hydrogens is 517 g/mol. The summed E-state index contributed by atoms with van der Waals surface area (Å²) in [6, 6.07) is 21.3. The lowest BCUT2D eigenvalue weighted by atomic mass is 10.1. The summed E-state index contributed by atoms with van der Waals surface area (Å²) in [5.74, 6) is 1.09. The summed E-state index contributed by atoms with van der Waals surface area (Å²) in [5, 5.41) is 0. The number of hydrogen-bond acceptors (Lipinski definition) is 5. The van der Waals surface area contributed by atoms with Crippen LogP contribution in [0.3, 0.4) is 0 Å². The zero-order chi connectivity index (χ0) is 22.5. The summed E-state index contributed by atoms with van der Waals surface area (Å²) in [7, 11) is 0. The van der Waals surface area contributed by atoms with Crippen molar-refractivity contribution in [1.29, 1.82) is 0 Å². The molecule has 1 aliphatic rings. The van der Waals surface area contributed by atoms with Crippen LogP contribution in [0.15, 0.2) is 77.4 Å². The predicted molar refractivity (Wildman–Crippen MR) is 133 cm³/mol. The monoisotopic (exact) mass is 539 g/mol. The number of rotatable bonds is 7. The molecule has 0 aliphatic carbocycles. The maximum atomic E-state index is 12.3. The van der Waals surface area contributed by atoms with E-state index in [4.69, 9.17) is 14.2 Å². The summed E-state index contributed by atoms with van der Waals surface area (Å²) in [6.07, 6.45) is 1.69. The third-order valence-corrected chi connectivity index (χ3v) is 5.88. The number of benzene rings is 3. The number of carbonyl (C=O) groups excluding carboxylic acids is 1. The van der Waals surface area contributed by atoms with Crippen LogP contribution in [0.5, 0.6) is 11.5 Å². The summed E-state index contributed by atoms with van der Waals surface area (Å²) in [4.78, 5) is 16.7. The fraction of sp³-hybridized carbons (Fsp3) is 0.154. The predicted octanol–water partition coefficient (Wildman–Crippen LogP) is 5.92. The lowest BCUT2D eigenvalue weighted by molar-refractivity contribution is -0.129. The molecule has 3 aromatic rings. The van der Waals surface area contributed by atoms with Crippen molar-refractivity contribution in [3.05, 3.63) is 98.3 Å². The molecule has 0 saturated heterocycles. The van der Waals surface area contributed by atoms with E-state index in [-0.39, 0.29) is 5.70 Å². The summed E-state index contributed by atoms with van der Waals surface area (Å²) in [5.41, 5.74) is 4.02. The second kappa shape index (κ2) is 9.99. The first-order chi connectivity index (χ1) is 15.5. The van der Waals surface area contributed by atoms with Gasteiger partial charge in [-0.1, -0.05) is 42.0 Å². The molecule has 1 heterocycles. The Morgan fingerprint density at radius 1 is 1.00 bits per heavy atom. The van der Waals surface area contributed by atoms with E-state index in [1.54, 1.807) is 6.08 Å². The maximum absolute atomic E-state index is 12.3. The molecule has 0 saturated carbocycles. The van der Waals surface area contributed by atoms with Crippen molar-refractivity contribution >= 4 is 40.5 Å². The molecule has 5 nitrogen and oxygen atoms in total. The SMILES string of the molecule is CCOc1cc(/C=C2\N=C(c3ccc(C)cc3)OC2=O)ccc1OCc1ccccc1I. The molecule has 0 amide bonds. The Morgan fingerprint density at radius 2 is 1.78 bits per heavy atom. The molecule has 4 rings (SSSR count). The van der Waals surface area contributed by atoms with Crippen LogP contribution in [-0.4, -0.2) is 18.5 Å². The van der Waals surface area contributed by atoms with Crippen molar-refractivity contribution in [3.63, 3.8) is 0 Å². The number of esters is 1. The fourth-order valence-corrected chi connectivity index (χ4v) is 3.70. The zero-order valence-electron chi connectivity index (χ0n) is 17.8. The lowest BCUT2D eigenvalue weighted by Gasteiger charge is -2.13. The molecule has 0 radical (unpaired) electrons. The van der Waals surface area contributed by atoms with E-state index in [2.05, 4.69) is 27.6 Å². The van der Waals surface area contributed by atoms with Crippen LogP contribution in [-0.2, 0) is 16.1 Å². The van der Waals surface area contributed by atoms with Crippen molar-refractivity contribution in [1.82, 2.24) is 0 Å². The topological polar surface area (TPSA) is 57.1 Å². The van der Waals surface area contributed by atoms with E-state index in [0.29, 0.717) is 30.6 Å². The van der Waals surface area contributed by atoms with E-state index in [0.717, 1.165) is 25.8 Å². The minimum atomic E-state index is -0.475. The summed E-state index contributed by atoms with van der Waals surface area (Å²) < 4.78 is 18.3. The average molecular weight is 539 g/mol. The summed E-state index contributed by atoms with van der Waals surface area (Å²) in [6.45, 7) is 4.86. The van der Waals surface area contributed by atoms with Gasteiger partial charge in [0.25, 0.3) is 0 Å². The van der Waals surface area contributed by atoms with Crippen molar-refractivity contribution in [3.8, 4) is 11.5 Å². The number of cyclic esters (lactones) is 1. The lowest BCUT2D eigenvalue weighted by Crippen LogP contribution is -2.05. The van der Waals surface area contributed by atoms with E-state index in [1.165, 1.54) is 0 Å². The van der Waals surface area contributed by atoms with Crippen molar-refractivity contribution in [2.45, 2.75) is 20.5 Å². The van der Waals surface area contributed by atoms with E-state index in [9.17, 15) is 4.79 Å². The van der Waals surface area contributed by atoms with Gasteiger partial charge in [-0.15, -0.1) is 0 Å². The highest BCUT2D eigenvalue weighted by Gasteiger charge is 2.24.